The first-order valence-corrected chi connectivity index (χ1v) is 12.8. The molecule has 0 saturated heterocycles. The average molecular weight is 499 g/mol. The minimum atomic E-state index is -4.35. The highest BCUT2D eigenvalue weighted by atomic mass is 32.2. The lowest BCUT2D eigenvalue weighted by Crippen LogP contribution is -2.04. The summed E-state index contributed by atoms with van der Waals surface area (Å²) in [4.78, 5) is 9.59. The zero-order valence-electron chi connectivity index (χ0n) is 19.7. The first-order chi connectivity index (χ1) is 16.9. The minimum Gasteiger partial charge on any atom is -0.379 e. The van der Waals surface area contributed by atoms with E-state index in [2.05, 4.69) is 57.2 Å². The minimum absolute atomic E-state index is 0.388. The standard InChI is InChI=1S/C27H29F3N4S/c1-20-6-9-22(10-7-20)32-17-23-18-34(19-33-23)14-4-2-3-5-15-35-26-12-13-31-25-16-21(27(28,29)30)8-11-24(25)26/h6-13,16,18-19,32H,2-5,14-15,17H2,1H3. The quantitative estimate of drug-likeness (QED) is 0.170. The molecule has 2 aromatic carbocycles. The zero-order chi connectivity index (χ0) is 24.7. The van der Waals surface area contributed by atoms with Crippen LogP contribution < -0.4 is 5.32 Å². The molecule has 0 radical (unpaired) electrons. The van der Waals surface area contributed by atoms with E-state index in [1.54, 1.807) is 18.0 Å². The van der Waals surface area contributed by atoms with Crippen LogP contribution in [0.3, 0.4) is 0 Å². The lowest BCUT2D eigenvalue weighted by molar-refractivity contribution is -0.137. The van der Waals surface area contributed by atoms with Crippen molar-refractivity contribution in [2.75, 3.05) is 11.1 Å². The number of fused-ring (bicyclic) bond motifs is 1. The number of benzene rings is 2. The molecule has 0 aliphatic carbocycles. The van der Waals surface area contributed by atoms with Crippen molar-refractivity contribution in [2.24, 2.45) is 0 Å². The number of nitrogens with one attached hydrogen (secondary N) is 1. The van der Waals surface area contributed by atoms with Gasteiger partial charge in [-0.25, -0.2) is 4.98 Å². The molecule has 4 nitrogen and oxygen atoms in total. The van der Waals surface area contributed by atoms with Crippen LogP contribution in [0.25, 0.3) is 10.9 Å². The summed E-state index contributed by atoms with van der Waals surface area (Å²) in [7, 11) is 0. The normalized spacial score (nSPS) is 11.8. The second kappa shape index (κ2) is 11.6. The Labute approximate surface area is 208 Å². The average Bonchev–Trinajstić information content (AvgIpc) is 3.30. The molecule has 0 bridgehead atoms. The van der Waals surface area contributed by atoms with Gasteiger partial charge < -0.3 is 9.88 Å². The molecule has 0 aliphatic heterocycles. The summed E-state index contributed by atoms with van der Waals surface area (Å²) in [6.07, 6.45) is 5.61. The summed E-state index contributed by atoms with van der Waals surface area (Å²) < 4.78 is 41.0. The number of unbranched alkanes of at least 4 members (excludes halogenated alkanes) is 3. The number of anilines is 1. The number of rotatable bonds is 11. The molecule has 35 heavy (non-hydrogen) atoms. The summed E-state index contributed by atoms with van der Waals surface area (Å²) in [5, 5.41) is 4.17. The first-order valence-electron chi connectivity index (χ1n) is 11.8. The van der Waals surface area contributed by atoms with E-state index in [0.29, 0.717) is 12.1 Å². The molecule has 184 valence electrons. The van der Waals surface area contributed by atoms with Crippen molar-refractivity contribution in [2.45, 2.75) is 56.8 Å². The van der Waals surface area contributed by atoms with Crippen molar-refractivity contribution in [1.29, 1.82) is 0 Å². The van der Waals surface area contributed by atoms with Crippen LogP contribution in [0.4, 0.5) is 18.9 Å². The van der Waals surface area contributed by atoms with Gasteiger partial charge in [0, 0.05) is 34.9 Å². The van der Waals surface area contributed by atoms with Crippen LogP contribution in [-0.4, -0.2) is 20.3 Å². The number of halogens is 3. The Balaban J connectivity index is 1.14. The highest BCUT2D eigenvalue weighted by molar-refractivity contribution is 7.99. The molecule has 4 aromatic rings. The van der Waals surface area contributed by atoms with Crippen LogP contribution in [0.5, 0.6) is 0 Å². The number of hydrogen-bond acceptors (Lipinski definition) is 4. The van der Waals surface area contributed by atoms with Crippen molar-refractivity contribution in [3.8, 4) is 0 Å². The Morgan fingerprint density at radius 1 is 0.943 bits per heavy atom. The van der Waals surface area contributed by atoms with Gasteiger partial charge in [0.05, 0.1) is 29.6 Å². The van der Waals surface area contributed by atoms with Gasteiger partial charge in [-0.3, -0.25) is 4.98 Å². The van der Waals surface area contributed by atoms with E-state index >= 15 is 0 Å². The summed E-state index contributed by atoms with van der Waals surface area (Å²) in [5.74, 6) is 0.931. The van der Waals surface area contributed by atoms with Gasteiger partial charge in [-0.15, -0.1) is 11.8 Å². The summed E-state index contributed by atoms with van der Waals surface area (Å²) in [6, 6.07) is 14.0. The predicted octanol–water partition coefficient (Wildman–Crippen LogP) is 7.72. The number of pyridine rings is 1. The second-order valence-corrected chi connectivity index (χ2v) is 9.76. The maximum Gasteiger partial charge on any atom is 0.416 e. The summed E-state index contributed by atoms with van der Waals surface area (Å²) >= 11 is 1.68. The Kier molecular flexibility index (Phi) is 8.33. The van der Waals surface area contributed by atoms with E-state index in [0.717, 1.165) is 71.8 Å². The van der Waals surface area contributed by atoms with Crippen molar-refractivity contribution in [1.82, 2.24) is 14.5 Å². The van der Waals surface area contributed by atoms with E-state index in [1.807, 2.05) is 12.4 Å². The van der Waals surface area contributed by atoms with Crippen LogP contribution in [0.1, 0.15) is 42.5 Å². The number of aromatic nitrogens is 3. The number of aryl methyl sites for hydroxylation is 2. The lowest BCUT2D eigenvalue weighted by Gasteiger charge is -2.10. The summed E-state index contributed by atoms with van der Waals surface area (Å²) in [6.45, 7) is 3.72. The number of imidazole rings is 1. The van der Waals surface area contributed by atoms with E-state index in [-0.39, 0.29) is 0 Å². The number of alkyl halides is 3. The van der Waals surface area contributed by atoms with Gasteiger partial charge in [0.2, 0.25) is 0 Å². The molecule has 8 heteroatoms. The number of hydrogen-bond donors (Lipinski definition) is 1. The maximum absolute atomic E-state index is 12.9. The van der Waals surface area contributed by atoms with Crippen LogP contribution in [0.2, 0.25) is 0 Å². The van der Waals surface area contributed by atoms with Gasteiger partial charge >= 0.3 is 6.18 Å². The smallest absolute Gasteiger partial charge is 0.379 e. The predicted molar refractivity (Wildman–Crippen MR) is 137 cm³/mol. The molecule has 0 aliphatic rings. The number of nitrogens with zero attached hydrogens (tertiary/aromatic N) is 3. The molecular formula is C27H29F3N4S. The fraction of sp³-hybridized carbons (Fsp3) is 0.333. The Morgan fingerprint density at radius 3 is 2.54 bits per heavy atom. The lowest BCUT2D eigenvalue weighted by atomic mass is 10.1. The van der Waals surface area contributed by atoms with Gasteiger partial charge in [-0.2, -0.15) is 13.2 Å². The SMILES string of the molecule is Cc1ccc(NCc2cn(CCCCCCSc3ccnc4cc(C(F)(F)F)ccc34)cn2)cc1. The van der Waals surface area contributed by atoms with E-state index in [4.69, 9.17) is 0 Å². The Hall–Kier alpha value is -3.00. The zero-order valence-corrected chi connectivity index (χ0v) is 20.5. The molecule has 1 N–H and O–H groups in total. The molecule has 0 fully saturated rings. The third-order valence-electron chi connectivity index (χ3n) is 5.81. The second-order valence-electron chi connectivity index (χ2n) is 8.62. The van der Waals surface area contributed by atoms with Crippen molar-refractivity contribution < 1.29 is 13.2 Å². The van der Waals surface area contributed by atoms with Crippen LogP contribution >= 0.6 is 11.8 Å². The third-order valence-corrected chi connectivity index (χ3v) is 6.97. The number of thioether (sulfide) groups is 1. The van der Waals surface area contributed by atoms with Gasteiger partial charge in [0.1, 0.15) is 0 Å². The third kappa shape index (κ3) is 7.24. The fourth-order valence-corrected chi connectivity index (χ4v) is 4.89. The first kappa shape index (κ1) is 25.1. The fourth-order valence-electron chi connectivity index (χ4n) is 3.84. The van der Waals surface area contributed by atoms with Crippen molar-refractivity contribution >= 4 is 28.4 Å². The molecule has 0 saturated carbocycles. The van der Waals surface area contributed by atoms with Gasteiger partial charge in [-0.05, 0) is 55.9 Å². The van der Waals surface area contributed by atoms with E-state index in [9.17, 15) is 13.2 Å². The molecule has 0 atom stereocenters. The molecule has 0 spiro atoms. The molecule has 0 unspecified atom stereocenters. The highest BCUT2D eigenvalue weighted by Gasteiger charge is 2.30. The molecule has 2 heterocycles. The molecule has 0 amide bonds. The maximum atomic E-state index is 12.9. The molecular weight excluding hydrogens is 469 g/mol. The van der Waals surface area contributed by atoms with E-state index in [1.165, 1.54) is 11.6 Å². The van der Waals surface area contributed by atoms with Crippen LogP contribution in [0.15, 0.2) is 72.1 Å². The van der Waals surface area contributed by atoms with Crippen molar-refractivity contribution in [3.05, 3.63) is 84.1 Å². The van der Waals surface area contributed by atoms with Crippen molar-refractivity contribution in [3.63, 3.8) is 0 Å². The van der Waals surface area contributed by atoms with Crippen LogP contribution in [-0.2, 0) is 19.3 Å². The topological polar surface area (TPSA) is 42.7 Å². The van der Waals surface area contributed by atoms with Crippen LogP contribution in [0, 0.1) is 6.92 Å². The monoisotopic (exact) mass is 498 g/mol. The molecule has 2 aromatic heterocycles. The molecule has 4 rings (SSSR count). The highest BCUT2D eigenvalue weighted by Crippen LogP contribution is 2.34. The Bertz CT molecular complexity index is 1240. The Morgan fingerprint density at radius 2 is 1.74 bits per heavy atom. The van der Waals surface area contributed by atoms with Gasteiger partial charge in [0.15, 0.2) is 0 Å². The largest absolute Gasteiger partial charge is 0.416 e. The summed E-state index contributed by atoms with van der Waals surface area (Å²) in [5.41, 5.74) is 3.08. The van der Waals surface area contributed by atoms with Gasteiger partial charge in [0.25, 0.3) is 0 Å². The van der Waals surface area contributed by atoms with Gasteiger partial charge in [-0.1, -0.05) is 36.6 Å². The van der Waals surface area contributed by atoms with E-state index < -0.39 is 11.7 Å².